The number of carbonyl (C=O) groups is 1. The summed E-state index contributed by atoms with van der Waals surface area (Å²) in [6.45, 7) is 4.86. The van der Waals surface area contributed by atoms with Gasteiger partial charge in [0.1, 0.15) is 5.69 Å². The lowest BCUT2D eigenvalue weighted by Crippen LogP contribution is -2.41. The van der Waals surface area contributed by atoms with Gasteiger partial charge in [0.15, 0.2) is 0 Å². The lowest BCUT2D eigenvalue weighted by Gasteiger charge is -2.26. The molecule has 2 N–H and O–H groups in total. The topological polar surface area (TPSA) is 70.3 Å². The molecule has 1 aliphatic heterocycles. The van der Waals surface area contributed by atoms with E-state index in [0.29, 0.717) is 17.9 Å². The Hall–Kier alpha value is -1.53. The van der Waals surface area contributed by atoms with Crippen LogP contribution >= 0.6 is 0 Å². The van der Waals surface area contributed by atoms with Gasteiger partial charge in [-0.2, -0.15) is 0 Å². The van der Waals surface area contributed by atoms with Gasteiger partial charge in [0.25, 0.3) is 5.91 Å². The molecule has 2 heterocycles. The molecule has 1 fully saturated rings. The molecule has 0 saturated carbocycles. The Labute approximate surface area is 107 Å². The van der Waals surface area contributed by atoms with Crippen LogP contribution in [-0.2, 0) is 11.8 Å². The van der Waals surface area contributed by atoms with Crippen molar-refractivity contribution in [1.29, 1.82) is 0 Å². The largest absolute Gasteiger partial charge is 0.379 e. The number of ether oxygens (including phenoxy) is 1. The molecule has 0 spiro atoms. The van der Waals surface area contributed by atoms with E-state index in [2.05, 4.69) is 10.2 Å². The molecule has 1 radical (unpaired) electrons. The molecule has 18 heavy (non-hydrogen) atoms. The molecule has 6 nitrogen and oxygen atoms in total. The van der Waals surface area contributed by atoms with Gasteiger partial charge in [0.05, 0.1) is 18.9 Å². The van der Waals surface area contributed by atoms with Gasteiger partial charge in [-0.25, -0.2) is 0 Å². The van der Waals surface area contributed by atoms with E-state index < -0.39 is 0 Å². The van der Waals surface area contributed by atoms with Crippen molar-refractivity contribution in [3.05, 3.63) is 18.0 Å². The average Bonchev–Trinajstić information content (AvgIpc) is 2.70. The van der Waals surface area contributed by atoms with Crippen LogP contribution in [0, 0.1) is 0 Å². The summed E-state index contributed by atoms with van der Waals surface area (Å²) in [6.07, 6.45) is 1.62. The van der Waals surface area contributed by atoms with Crippen LogP contribution in [-0.4, -0.2) is 54.8 Å². The molecular weight excluding hydrogens is 232 g/mol. The first-order valence-corrected chi connectivity index (χ1v) is 6.13. The summed E-state index contributed by atoms with van der Waals surface area (Å²) in [5.74, 6) is -0.121. The van der Waals surface area contributed by atoms with E-state index in [1.165, 1.54) is 0 Å². The third kappa shape index (κ3) is 3.24. The van der Waals surface area contributed by atoms with Gasteiger partial charge in [-0.05, 0) is 6.07 Å². The summed E-state index contributed by atoms with van der Waals surface area (Å²) < 4.78 is 6.93. The standard InChI is InChI=1S/C12H19N4O2/c1-15-9-10(13)8-11(15)12(17)14-2-3-16-4-6-18-7-5-16/h8-9,13H,2-7H2,1H3,(H,14,17). The number of hydrogen-bond donors (Lipinski definition) is 1. The molecule has 0 atom stereocenters. The molecule has 6 heteroatoms. The van der Waals surface area contributed by atoms with Crippen LogP contribution in [0.1, 0.15) is 10.5 Å². The minimum atomic E-state index is -0.121. The fraction of sp³-hybridized carbons (Fsp3) is 0.583. The zero-order valence-corrected chi connectivity index (χ0v) is 10.6. The maximum Gasteiger partial charge on any atom is 0.268 e. The fourth-order valence-electron chi connectivity index (χ4n) is 2.03. The molecule has 1 aliphatic rings. The third-order valence-corrected chi connectivity index (χ3v) is 3.05. The molecule has 0 aromatic carbocycles. The second-order valence-electron chi connectivity index (χ2n) is 4.43. The highest BCUT2D eigenvalue weighted by Gasteiger charge is 2.12. The Bertz CT molecular complexity index is 410. The first kappa shape index (κ1) is 12.9. The van der Waals surface area contributed by atoms with Gasteiger partial charge in [-0.15, -0.1) is 0 Å². The van der Waals surface area contributed by atoms with E-state index in [1.54, 1.807) is 23.9 Å². The van der Waals surface area contributed by atoms with Crippen LogP contribution in [0.4, 0.5) is 5.69 Å². The van der Waals surface area contributed by atoms with Gasteiger partial charge in [-0.1, -0.05) is 0 Å². The second kappa shape index (κ2) is 5.88. The van der Waals surface area contributed by atoms with Gasteiger partial charge in [0, 0.05) is 39.4 Å². The van der Waals surface area contributed by atoms with Gasteiger partial charge >= 0.3 is 0 Å². The van der Waals surface area contributed by atoms with E-state index in [4.69, 9.17) is 10.5 Å². The van der Waals surface area contributed by atoms with Crippen molar-refractivity contribution in [3.8, 4) is 0 Å². The molecule has 99 valence electrons. The van der Waals surface area contributed by atoms with Crippen molar-refractivity contribution >= 4 is 11.6 Å². The average molecular weight is 251 g/mol. The summed E-state index contributed by atoms with van der Waals surface area (Å²) in [7, 11) is 1.77. The smallest absolute Gasteiger partial charge is 0.268 e. The zero-order valence-electron chi connectivity index (χ0n) is 10.6. The van der Waals surface area contributed by atoms with Crippen molar-refractivity contribution < 1.29 is 9.53 Å². The monoisotopic (exact) mass is 251 g/mol. The van der Waals surface area contributed by atoms with E-state index in [-0.39, 0.29) is 5.91 Å². The highest BCUT2D eigenvalue weighted by molar-refractivity contribution is 5.93. The maximum atomic E-state index is 11.9. The summed E-state index contributed by atoms with van der Waals surface area (Å²) in [6, 6.07) is 1.57. The number of hydrogen-bond acceptors (Lipinski definition) is 3. The Morgan fingerprint density at radius 1 is 1.50 bits per heavy atom. The van der Waals surface area contributed by atoms with Crippen LogP contribution in [0.5, 0.6) is 0 Å². The lowest BCUT2D eigenvalue weighted by molar-refractivity contribution is 0.0383. The first-order valence-electron chi connectivity index (χ1n) is 6.13. The molecule has 1 saturated heterocycles. The number of nitrogens with zero attached hydrogens (tertiary/aromatic N) is 2. The first-order chi connectivity index (χ1) is 8.66. The van der Waals surface area contributed by atoms with Crippen molar-refractivity contribution in [1.82, 2.24) is 20.5 Å². The lowest BCUT2D eigenvalue weighted by atomic mass is 10.3. The molecule has 0 bridgehead atoms. The van der Waals surface area contributed by atoms with Crippen LogP contribution < -0.4 is 11.1 Å². The zero-order chi connectivity index (χ0) is 13.0. The van der Waals surface area contributed by atoms with E-state index >= 15 is 0 Å². The summed E-state index contributed by atoms with van der Waals surface area (Å²) in [4.78, 5) is 14.1. The van der Waals surface area contributed by atoms with Gasteiger partial charge in [0.2, 0.25) is 0 Å². The molecule has 0 aliphatic carbocycles. The predicted molar refractivity (Wildman–Crippen MR) is 67.8 cm³/mol. The highest BCUT2D eigenvalue weighted by Crippen LogP contribution is 2.09. The van der Waals surface area contributed by atoms with Crippen LogP contribution in [0.3, 0.4) is 0 Å². The summed E-state index contributed by atoms with van der Waals surface area (Å²) in [5.41, 5.74) is 8.35. The number of nitrogens with one attached hydrogen (secondary N) is 2. The maximum absolute atomic E-state index is 11.9. The predicted octanol–water partition coefficient (Wildman–Crippen LogP) is 0.00150. The molecular formula is C12H19N4O2. The molecule has 1 aromatic rings. The quantitative estimate of drug-likeness (QED) is 0.819. The Morgan fingerprint density at radius 3 is 2.83 bits per heavy atom. The van der Waals surface area contributed by atoms with Gasteiger partial charge < -0.3 is 14.6 Å². The number of aryl methyl sites for hydroxylation is 1. The van der Waals surface area contributed by atoms with Crippen molar-refractivity contribution in [2.24, 2.45) is 7.05 Å². The van der Waals surface area contributed by atoms with E-state index in [1.807, 2.05) is 0 Å². The molecule has 1 amide bonds. The molecule has 0 unspecified atom stereocenters. The van der Waals surface area contributed by atoms with Gasteiger partial charge in [-0.3, -0.25) is 15.4 Å². The summed E-state index contributed by atoms with van der Waals surface area (Å²) >= 11 is 0. The van der Waals surface area contributed by atoms with E-state index in [0.717, 1.165) is 32.8 Å². The summed E-state index contributed by atoms with van der Waals surface area (Å²) in [5, 5.41) is 2.87. The number of amides is 1. The van der Waals surface area contributed by atoms with Crippen molar-refractivity contribution in [3.63, 3.8) is 0 Å². The Balaban J connectivity index is 1.76. The molecule has 2 rings (SSSR count). The fourth-order valence-corrected chi connectivity index (χ4v) is 2.03. The minimum absolute atomic E-state index is 0.121. The number of carbonyl (C=O) groups excluding carboxylic acids is 1. The number of rotatable bonds is 4. The van der Waals surface area contributed by atoms with Crippen LogP contribution in [0.15, 0.2) is 12.3 Å². The van der Waals surface area contributed by atoms with Crippen LogP contribution in [0.2, 0.25) is 0 Å². The second-order valence-corrected chi connectivity index (χ2v) is 4.43. The Morgan fingerprint density at radius 2 is 2.22 bits per heavy atom. The van der Waals surface area contributed by atoms with Crippen LogP contribution in [0.25, 0.3) is 0 Å². The Kier molecular flexibility index (Phi) is 4.22. The van der Waals surface area contributed by atoms with E-state index in [9.17, 15) is 4.79 Å². The van der Waals surface area contributed by atoms with Crippen molar-refractivity contribution in [2.75, 3.05) is 39.4 Å². The van der Waals surface area contributed by atoms with Crippen molar-refractivity contribution in [2.45, 2.75) is 0 Å². The highest BCUT2D eigenvalue weighted by atomic mass is 16.5. The number of aromatic nitrogens is 1. The molecule has 1 aromatic heterocycles. The minimum Gasteiger partial charge on any atom is -0.379 e. The SMILES string of the molecule is Cn1cc([NH])cc1C(=O)NCCN1CCOCC1. The normalized spacial score (nSPS) is 16.7. The number of morpholine rings is 1. The third-order valence-electron chi connectivity index (χ3n) is 3.05.